The Balaban J connectivity index is 1.88. The lowest BCUT2D eigenvalue weighted by atomic mass is 9.70. The van der Waals surface area contributed by atoms with Crippen molar-refractivity contribution >= 4 is 0 Å². The smallest absolute Gasteiger partial charge is 0.0674 e. The lowest BCUT2D eigenvalue weighted by Crippen LogP contribution is -2.49. The van der Waals surface area contributed by atoms with Crippen LogP contribution >= 0.6 is 0 Å². The molecule has 2 aliphatic rings. The van der Waals surface area contributed by atoms with Gasteiger partial charge in [0.25, 0.3) is 0 Å². The van der Waals surface area contributed by atoms with E-state index in [-0.39, 0.29) is 0 Å². The third kappa shape index (κ3) is 3.67. The summed E-state index contributed by atoms with van der Waals surface area (Å²) in [5, 5.41) is 0. The molecule has 1 aliphatic heterocycles. The van der Waals surface area contributed by atoms with Crippen molar-refractivity contribution in [2.45, 2.75) is 52.2 Å². The van der Waals surface area contributed by atoms with Crippen molar-refractivity contribution in [2.24, 2.45) is 17.1 Å². The number of nitrogens with two attached hydrogens (primary N) is 1. The van der Waals surface area contributed by atoms with E-state index < -0.39 is 0 Å². The Kier molecular flexibility index (Phi) is 4.11. The molecular formula is C14H28N2O. The molecule has 0 amide bonds. The Labute approximate surface area is 106 Å². The molecule has 0 aromatic heterocycles. The van der Waals surface area contributed by atoms with Crippen LogP contribution < -0.4 is 5.73 Å². The molecule has 0 radical (unpaired) electrons. The van der Waals surface area contributed by atoms with Crippen LogP contribution in [0.15, 0.2) is 0 Å². The molecule has 0 spiro atoms. The summed E-state index contributed by atoms with van der Waals surface area (Å²) < 4.78 is 5.59. The summed E-state index contributed by atoms with van der Waals surface area (Å²) in [7, 11) is 0. The van der Waals surface area contributed by atoms with Crippen LogP contribution in [0.2, 0.25) is 0 Å². The SMILES string of the molecule is CC1CN(CC2CC(C)(C)CCC2N)CCO1. The van der Waals surface area contributed by atoms with E-state index in [1.165, 1.54) is 19.3 Å². The van der Waals surface area contributed by atoms with Crippen molar-refractivity contribution < 1.29 is 4.74 Å². The molecule has 3 atom stereocenters. The molecule has 2 fully saturated rings. The van der Waals surface area contributed by atoms with E-state index in [9.17, 15) is 0 Å². The maximum absolute atomic E-state index is 6.29. The van der Waals surface area contributed by atoms with E-state index in [0.29, 0.717) is 23.5 Å². The first-order valence-corrected chi connectivity index (χ1v) is 7.06. The second kappa shape index (κ2) is 5.25. The average Bonchev–Trinajstić information content (AvgIpc) is 2.23. The summed E-state index contributed by atoms with van der Waals surface area (Å²) in [6.07, 6.45) is 4.14. The zero-order chi connectivity index (χ0) is 12.5. The Morgan fingerprint density at radius 2 is 2.18 bits per heavy atom. The Bertz CT molecular complexity index is 255. The number of rotatable bonds is 2. The fraction of sp³-hybridized carbons (Fsp3) is 1.00. The highest BCUT2D eigenvalue weighted by atomic mass is 16.5. The van der Waals surface area contributed by atoms with Crippen LogP contribution in [0.25, 0.3) is 0 Å². The molecule has 0 aromatic carbocycles. The van der Waals surface area contributed by atoms with Gasteiger partial charge in [-0.1, -0.05) is 13.8 Å². The van der Waals surface area contributed by atoms with Crippen molar-refractivity contribution in [1.82, 2.24) is 4.90 Å². The highest BCUT2D eigenvalue weighted by Crippen LogP contribution is 2.38. The first-order valence-electron chi connectivity index (χ1n) is 7.06. The first-order chi connectivity index (χ1) is 7.96. The van der Waals surface area contributed by atoms with E-state index >= 15 is 0 Å². The molecule has 0 aromatic rings. The predicted octanol–water partition coefficient (Wildman–Crippen LogP) is 1.86. The van der Waals surface area contributed by atoms with Gasteiger partial charge in [-0.25, -0.2) is 0 Å². The number of nitrogens with zero attached hydrogens (tertiary/aromatic N) is 1. The quantitative estimate of drug-likeness (QED) is 0.800. The highest BCUT2D eigenvalue weighted by Gasteiger charge is 2.34. The molecule has 2 rings (SSSR count). The number of hydrogen-bond donors (Lipinski definition) is 1. The van der Waals surface area contributed by atoms with E-state index in [1.807, 2.05) is 0 Å². The fourth-order valence-electron chi connectivity index (χ4n) is 3.34. The van der Waals surface area contributed by atoms with Gasteiger partial charge in [0.05, 0.1) is 12.7 Å². The molecule has 1 aliphatic carbocycles. The van der Waals surface area contributed by atoms with Crippen molar-refractivity contribution in [3.05, 3.63) is 0 Å². The van der Waals surface area contributed by atoms with Gasteiger partial charge >= 0.3 is 0 Å². The average molecular weight is 240 g/mol. The maximum Gasteiger partial charge on any atom is 0.0674 e. The zero-order valence-electron chi connectivity index (χ0n) is 11.6. The predicted molar refractivity (Wildman–Crippen MR) is 71.0 cm³/mol. The largest absolute Gasteiger partial charge is 0.376 e. The van der Waals surface area contributed by atoms with Gasteiger partial charge in [0.15, 0.2) is 0 Å². The summed E-state index contributed by atoms with van der Waals surface area (Å²) in [5.41, 5.74) is 6.78. The van der Waals surface area contributed by atoms with Gasteiger partial charge in [0.1, 0.15) is 0 Å². The van der Waals surface area contributed by atoms with E-state index in [4.69, 9.17) is 10.5 Å². The second-order valence-corrected chi connectivity index (χ2v) is 6.77. The molecule has 100 valence electrons. The fourth-order valence-corrected chi connectivity index (χ4v) is 3.34. The van der Waals surface area contributed by atoms with Gasteiger partial charge in [-0.3, -0.25) is 4.90 Å². The molecule has 17 heavy (non-hydrogen) atoms. The standard InChI is InChI=1S/C14H28N2O/c1-11-9-16(6-7-17-11)10-12-8-14(2,3)5-4-13(12)15/h11-13H,4-10,15H2,1-3H3. The summed E-state index contributed by atoms with van der Waals surface area (Å²) in [5.74, 6) is 0.670. The van der Waals surface area contributed by atoms with Crippen LogP contribution in [0.5, 0.6) is 0 Å². The van der Waals surface area contributed by atoms with Gasteiger partial charge in [0.2, 0.25) is 0 Å². The van der Waals surface area contributed by atoms with E-state index in [0.717, 1.165) is 26.2 Å². The normalized spacial score (nSPS) is 39.2. The minimum Gasteiger partial charge on any atom is -0.376 e. The molecule has 1 saturated heterocycles. The lowest BCUT2D eigenvalue weighted by molar-refractivity contribution is -0.0290. The zero-order valence-corrected chi connectivity index (χ0v) is 11.6. The summed E-state index contributed by atoms with van der Waals surface area (Å²) in [6, 6.07) is 0.404. The summed E-state index contributed by atoms with van der Waals surface area (Å²) >= 11 is 0. The van der Waals surface area contributed by atoms with Crippen LogP contribution in [-0.4, -0.2) is 43.3 Å². The minimum atomic E-state index is 0.386. The van der Waals surface area contributed by atoms with Crippen LogP contribution in [0.1, 0.15) is 40.0 Å². The van der Waals surface area contributed by atoms with Gasteiger partial charge < -0.3 is 10.5 Å². The molecular weight excluding hydrogens is 212 g/mol. The van der Waals surface area contributed by atoms with Crippen LogP contribution in [0, 0.1) is 11.3 Å². The van der Waals surface area contributed by atoms with Gasteiger partial charge in [0, 0.05) is 25.7 Å². The van der Waals surface area contributed by atoms with Gasteiger partial charge in [-0.2, -0.15) is 0 Å². The first kappa shape index (κ1) is 13.3. The lowest BCUT2D eigenvalue weighted by Gasteiger charge is -2.42. The van der Waals surface area contributed by atoms with Crippen molar-refractivity contribution in [2.75, 3.05) is 26.2 Å². The molecule has 0 bridgehead atoms. The Hall–Kier alpha value is -0.120. The number of hydrogen-bond acceptors (Lipinski definition) is 3. The minimum absolute atomic E-state index is 0.386. The van der Waals surface area contributed by atoms with E-state index in [2.05, 4.69) is 25.7 Å². The number of morpholine rings is 1. The molecule has 3 unspecified atom stereocenters. The van der Waals surface area contributed by atoms with Crippen LogP contribution in [-0.2, 0) is 4.74 Å². The van der Waals surface area contributed by atoms with Gasteiger partial charge in [-0.15, -0.1) is 0 Å². The molecule has 2 N–H and O–H groups in total. The maximum atomic E-state index is 6.29. The highest BCUT2D eigenvalue weighted by molar-refractivity contribution is 4.89. The summed E-state index contributed by atoms with van der Waals surface area (Å²) in [6.45, 7) is 11.1. The van der Waals surface area contributed by atoms with Crippen molar-refractivity contribution in [1.29, 1.82) is 0 Å². The molecule has 1 saturated carbocycles. The third-order valence-corrected chi connectivity index (χ3v) is 4.39. The third-order valence-electron chi connectivity index (χ3n) is 4.39. The topological polar surface area (TPSA) is 38.5 Å². The van der Waals surface area contributed by atoms with Crippen molar-refractivity contribution in [3.63, 3.8) is 0 Å². The second-order valence-electron chi connectivity index (χ2n) is 6.77. The van der Waals surface area contributed by atoms with Crippen LogP contribution in [0.4, 0.5) is 0 Å². The van der Waals surface area contributed by atoms with Crippen molar-refractivity contribution in [3.8, 4) is 0 Å². The van der Waals surface area contributed by atoms with E-state index in [1.54, 1.807) is 0 Å². The molecule has 1 heterocycles. The van der Waals surface area contributed by atoms with Crippen LogP contribution in [0.3, 0.4) is 0 Å². The molecule has 3 nitrogen and oxygen atoms in total. The summed E-state index contributed by atoms with van der Waals surface area (Å²) in [4.78, 5) is 2.54. The Morgan fingerprint density at radius 3 is 2.88 bits per heavy atom. The number of ether oxygens (including phenoxy) is 1. The molecule has 3 heteroatoms. The Morgan fingerprint density at radius 1 is 1.41 bits per heavy atom. The monoisotopic (exact) mass is 240 g/mol. The van der Waals surface area contributed by atoms with Gasteiger partial charge in [-0.05, 0) is 37.5 Å².